The van der Waals surface area contributed by atoms with Gasteiger partial charge in [-0.3, -0.25) is 0 Å². The lowest BCUT2D eigenvalue weighted by atomic mass is 9.98. The summed E-state index contributed by atoms with van der Waals surface area (Å²) in [6.45, 7) is 6.80. The molecular weight excluding hydrogens is 399 g/mol. The largest absolute Gasteiger partial charge is 0.314 e. The van der Waals surface area contributed by atoms with E-state index in [2.05, 4.69) is 79.8 Å². The summed E-state index contributed by atoms with van der Waals surface area (Å²) in [5, 5.41) is 5.03. The van der Waals surface area contributed by atoms with Gasteiger partial charge >= 0.3 is 0 Å². The van der Waals surface area contributed by atoms with Crippen molar-refractivity contribution in [3.8, 4) is 33.4 Å². The molecule has 146 valence electrons. The van der Waals surface area contributed by atoms with Gasteiger partial charge in [0.2, 0.25) is 0 Å². The quantitative estimate of drug-likeness (QED) is 0.309. The third kappa shape index (κ3) is 2.27. The number of hydrogen-bond donors (Lipinski definition) is 0. The number of rotatable bonds is 1. The molecule has 2 heterocycles. The molecule has 0 amide bonds. The van der Waals surface area contributed by atoms with Gasteiger partial charge in [-0.15, -0.1) is 0 Å². The van der Waals surface area contributed by atoms with E-state index < -0.39 is 15.2 Å². The molecule has 0 saturated carbocycles. The van der Waals surface area contributed by atoms with Crippen LogP contribution in [0.4, 0.5) is 0 Å². The van der Waals surface area contributed by atoms with Gasteiger partial charge in [0, 0.05) is 10.6 Å². The Balaban J connectivity index is 1.51. The molecule has 0 N–H and O–H groups in total. The molecule has 4 aromatic carbocycles. The van der Waals surface area contributed by atoms with Crippen LogP contribution in [0, 0.1) is 0 Å². The van der Waals surface area contributed by atoms with Crippen molar-refractivity contribution in [1.29, 1.82) is 0 Å². The first-order valence-corrected chi connectivity index (χ1v) is 15.6. The van der Waals surface area contributed by atoms with Crippen molar-refractivity contribution in [3.63, 3.8) is 0 Å². The number of fused-ring (bicyclic) bond motifs is 6. The minimum absolute atomic E-state index is 0.995. The third-order valence-corrected chi connectivity index (χ3v) is 13.2. The van der Waals surface area contributed by atoms with E-state index in [0.717, 1.165) is 27.3 Å². The number of benzene rings is 4. The fourth-order valence-corrected chi connectivity index (χ4v) is 10.8. The average Bonchev–Trinajstić information content (AvgIpc) is 3.14. The van der Waals surface area contributed by atoms with Gasteiger partial charge in [0.15, 0.2) is 0 Å². The lowest BCUT2D eigenvalue weighted by Gasteiger charge is -2.19. The third-order valence-electron chi connectivity index (χ3n) is 7.03. The fraction of sp³-hybridized carbons (Fsp3) is 0.111. The van der Waals surface area contributed by atoms with Crippen molar-refractivity contribution in [1.82, 2.24) is 0 Å². The molecule has 0 spiro atoms. The van der Waals surface area contributed by atoms with E-state index in [0.29, 0.717) is 0 Å². The highest BCUT2D eigenvalue weighted by molar-refractivity contribution is 7.79. The lowest BCUT2D eigenvalue weighted by molar-refractivity contribution is 0.591. The molecule has 0 bridgehead atoms. The summed E-state index contributed by atoms with van der Waals surface area (Å²) in [7, 11) is -4.25. The van der Waals surface area contributed by atoms with E-state index in [1.54, 1.807) is 0 Å². The van der Waals surface area contributed by atoms with Gasteiger partial charge in [-0.05, 0) is 56.5 Å². The second-order valence-electron chi connectivity index (χ2n) is 9.10. The van der Waals surface area contributed by atoms with E-state index in [1.165, 1.54) is 27.1 Å². The van der Waals surface area contributed by atoms with Crippen LogP contribution in [-0.2, 0) is 4.57 Å². The van der Waals surface area contributed by atoms with Gasteiger partial charge in [0.25, 0.3) is 0 Å². The van der Waals surface area contributed by atoms with E-state index in [9.17, 15) is 4.57 Å². The van der Waals surface area contributed by atoms with Crippen LogP contribution in [0.25, 0.3) is 33.4 Å². The van der Waals surface area contributed by atoms with Gasteiger partial charge in [-0.25, -0.2) is 0 Å². The van der Waals surface area contributed by atoms with Crippen LogP contribution in [-0.4, -0.2) is 14.7 Å². The summed E-state index contributed by atoms with van der Waals surface area (Å²) in [5.41, 5.74) is 7.43. The zero-order valence-electron chi connectivity index (χ0n) is 17.4. The molecule has 0 saturated heterocycles. The minimum Gasteiger partial charge on any atom is -0.314 e. The first-order valence-electron chi connectivity index (χ1n) is 10.5. The molecule has 30 heavy (non-hydrogen) atoms. The zero-order valence-corrected chi connectivity index (χ0v) is 19.3. The first-order chi connectivity index (χ1) is 14.4. The second kappa shape index (κ2) is 5.94. The Kier molecular flexibility index (Phi) is 3.59. The molecule has 1 atom stereocenters. The maximum atomic E-state index is 13.7. The monoisotopic (exact) mass is 422 g/mol. The highest BCUT2D eigenvalue weighted by Gasteiger charge is 2.38. The Morgan fingerprint density at radius 3 is 1.97 bits per heavy atom. The molecule has 0 aliphatic carbocycles. The van der Waals surface area contributed by atoms with Crippen LogP contribution >= 0.6 is 7.14 Å². The van der Waals surface area contributed by atoms with Crippen LogP contribution in [0.1, 0.15) is 0 Å². The van der Waals surface area contributed by atoms with Crippen molar-refractivity contribution in [2.24, 2.45) is 0 Å². The van der Waals surface area contributed by atoms with Crippen molar-refractivity contribution in [3.05, 3.63) is 84.9 Å². The van der Waals surface area contributed by atoms with E-state index in [4.69, 9.17) is 0 Å². The Morgan fingerprint density at radius 2 is 1.17 bits per heavy atom. The van der Waals surface area contributed by atoms with Gasteiger partial charge in [-0.2, -0.15) is 0 Å². The van der Waals surface area contributed by atoms with E-state index in [-0.39, 0.29) is 0 Å². The highest BCUT2D eigenvalue weighted by Crippen LogP contribution is 2.50. The highest BCUT2D eigenvalue weighted by atomic mass is 31.2. The Morgan fingerprint density at radius 1 is 0.600 bits per heavy atom. The predicted molar refractivity (Wildman–Crippen MR) is 132 cm³/mol. The molecule has 0 aromatic heterocycles. The lowest BCUT2D eigenvalue weighted by Crippen LogP contribution is -2.49. The Labute approximate surface area is 178 Å². The Bertz CT molecular complexity index is 1420. The molecule has 1 unspecified atom stereocenters. The van der Waals surface area contributed by atoms with Gasteiger partial charge in [-0.1, -0.05) is 92.0 Å². The predicted octanol–water partition coefficient (Wildman–Crippen LogP) is 5.08. The normalized spacial score (nSPS) is 19.7. The van der Waals surface area contributed by atoms with Crippen LogP contribution in [0.3, 0.4) is 0 Å². The molecule has 1 nitrogen and oxygen atoms in total. The molecule has 4 aromatic rings. The van der Waals surface area contributed by atoms with Gasteiger partial charge in [0.05, 0.1) is 0 Å². The number of hydrogen-bond acceptors (Lipinski definition) is 1. The standard InChI is InChI=1S/C27H23OPSi/c1-29(28)24-10-6-4-8-20(24)21-14-12-18(16-25(21)29)19-13-15-23-22-9-5-7-11-26(22)30(2,3)27(23)17-19/h4-17H,1-3H3. The Hall–Kier alpha value is -2.67. The maximum Gasteiger partial charge on any atom is 0.141 e. The van der Waals surface area contributed by atoms with Gasteiger partial charge in [0.1, 0.15) is 15.2 Å². The summed E-state index contributed by atoms with van der Waals surface area (Å²) in [6, 6.07) is 30.5. The van der Waals surface area contributed by atoms with Gasteiger partial charge < -0.3 is 4.57 Å². The fourth-order valence-electron chi connectivity index (χ4n) is 5.38. The van der Waals surface area contributed by atoms with Crippen molar-refractivity contribution < 1.29 is 4.57 Å². The van der Waals surface area contributed by atoms with Crippen molar-refractivity contribution in [2.75, 3.05) is 6.66 Å². The topological polar surface area (TPSA) is 17.1 Å². The molecular formula is C27H23OPSi. The summed E-state index contributed by atoms with van der Waals surface area (Å²) >= 11 is 0. The summed E-state index contributed by atoms with van der Waals surface area (Å²) in [6.07, 6.45) is 0. The van der Waals surface area contributed by atoms with Crippen LogP contribution in [0.2, 0.25) is 13.1 Å². The molecule has 0 fully saturated rings. The molecule has 0 radical (unpaired) electrons. The molecule has 2 aliphatic rings. The maximum absolute atomic E-state index is 13.7. The molecule has 3 heteroatoms. The van der Waals surface area contributed by atoms with E-state index in [1.807, 2.05) is 24.9 Å². The van der Waals surface area contributed by atoms with E-state index >= 15 is 0 Å². The van der Waals surface area contributed by atoms with Crippen molar-refractivity contribution >= 4 is 36.2 Å². The summed E-state index contributed by atoms with van der Waals surface area (Å²) < 4.78 is 13.7. The van der Waals surface area contributed by atoms with Crippen LogP contribution in [0.5, 0.6) is 0 Å². The summed E-state index contributed by atoms with van der Waals surface area (Å²) in [4.78, 5) is 0. The smallest absolute Gasteiger partial charge is 0.141 e. The second-order valence-corrected chi connectivity index (χ2v) is 16.2. The van der Waals surface area contributed by atoms with Crippen molar-refractivity contribution in [2.45, 2.75) is 13.1 Å². The average molecular weight is 423 g/mol. The first kappa shape index (κ1) is 18.1. The summed E-state index contributed by atoms with van der Waals surface area (Å²) in [5.74, 6) is 0. The zero-order chi connectivity index (χ0) is 20.7. The minimum atomic E-state index is -2.55. The van der Waals surface area contributed by atoms with Crippen LogP contribution in [0.15, 0.2) is 84.9 Å². The molecule has 6 rings (SSSR count). The SMILES string of the molecule is C[Si]1(C)c2ccccc2-c2ccc(-c3ccc4c(c3)P(C)(=O)c3ccccc3-4)cc21. The molecule has 2 aliphatic heterocycles. The van der Waals surface area contributed by atoms with Crippen LogP contribution < -0.4 is 21.0 Å².